The number of carbonyl (C=O) groups is 1. The van der Waals surface area contributed by atoms with Gasteiger partial charge in [-0.05, 0) is 36.4 Å². The summed E-state index contributed by atoms with van der Waals surface area (Å²) >= 11 is 17.5. The number of phenols is 1. The van der Waals surface area contributed by atoms with E-state index in [0.717, 1.165) is 5.56 Å². The van der Waals surface area contributed by atoms with Gasteiger partial charge in [-0.3, -0.25) is 4.79 Å². The van der Waals surface area contributed by atoms with Crippen LogP contribution in [0.1, 0.15) is 5.69 Å². The number of aromatic nitrogens is 1. The van der Waals surface area contributed by atoms with Crippen LogP contribution >= 0.6 is 34.8 Å². The van der Waals surface area contributed by atoms with E-state index in [1.165, 1.54) is 18.4 Å². The van der Waals surface area contributed by atoms with Gasteiger partial charge in [0.1, 0.15) is 6.26 Å². The minimum Gasteiger partial charge on any atom is -0.505 e. The third kappa shape index (κ3) is 4.25. The Morgan fingerprint density at radius 2 is 1.76 bits per heavy atom. The lowest BCUT2D eigenvalue weighted by atomic mass is 10.2. The van der Waals surface area contributed by atoms with E-state index in [4.69, 9.17) is 39.2 Å². The molecule has 0 aliphatic heterocycles. The first-order valence-electron chi connectivity index (χ1n) is 7.10. The molecule has 3 rings (SSSR count). The van der Waals surface area contributed by atoms with Gasteiger partial charge in [0.25, 0.3) is 0 Å². The second-order valence-electron chi connectivity index (χ2n) is 5.16. The Morgan fingerprint density at radius 3 is 2.40 bits per heavy atom. The van der Waals surface area contributed by atoms with Crippen LogP contribution in [-0.2, 0) is 11.2 Å². The number of anilines is 1. The van der Waals surface area contributed by atoms with Crippen LogP contribution < -0.4 is 5.32 Å². The summed E-state index contributed by atoms with van der Waals surface area (Å²) in [5.74, 6) is -0.158. The predicted molar refractivity (Wildman–Crippen MR) is 97.4 cm³/mol. The number of phenolic OH excluding ortho intramolecular Hbond substituents is 1. The van der Waals surface area contributed by atoms with E-state index in [1.807, 2.05) is 0 Å². The standard InChI is InChI=1S/C17H11Cl3N2O3/c18-10-3-1-9(2-4-10)17-22-12(8-25-17)7-15(23)21-11-5-13(19)16(24)14(20)6-11/h1-6,8,24H,7H2,(H,21,23). The number of carbonyl (C=O) groups excluding carboxylic acids is 1. The Morgan fingerprint density at radius 1 is 1.12 bits per heavy atom. The van der Waals surface area contributed by atoms with Gasteiger partial charge in [-0.25, -0.2) is 4.98 Å². The lowest BCUT2D eigenvalue weighted by Crippen LogP contribution is -2.14. The molecule has 1 amide bonds. The van der Waals surface area contributed by atoms with Crippen LogP contribution in [0, 0.1) is 0 Å². The molecule has 0 aliphatic rings. The van der Waals surface area contributed by atoms with Crippen LogP contribution in [-0.4, -0.2) is 16.0 Å². The van der Waals surface area contributed by atoms with Crippen molar-refractivity contribution in [2.45, 2.75) is 6.42 Å². The molecule has 0 unspecified atom stereocenters. The topological polar surface area (TPSA) is 75.4 Å². The molecule has 0 saturated heterocycles. The van der Waals surface area contributed by atoms with E-state index in [-0.39, 0.29) is 28.1 Å². The van der Waals surface area contributed by atoms with E-state index >= 15 is 0 Å². The number of halogens is 3. The number of hydrogen-bond acceptors (Lipinski definition) is 4. The highest BCUT2D eigenvalue weighted by atomic mass is 35.5. The van der Waals surface area contributed by atoms with Crippen molar-refractivity contribution in [3.8, 4) is 17.2 Å². The number of rotatable bonds is 4. The Labute approximate surface area is 158 Å². The molecule has 2 aromatic carbocycles. The van der Waals surface area contributed by atoms with Crippen molar-refractivity contribution in [3.05, 3.63) is 63.4 Å². The molecule has 0 atom stereocenters. The molecule has 0 radical (unpaired) electrons. The van der Waals surface area contributed by atoms with Crippen molar-refractivity contribution in [2.75, 3.05) is 5.32 Å². The fourth-order valence-electron chi connectivity index (χ4n) is 2.12. The van der Waals surface area contributed by atoms with Crippen molar-refractivity contribution in [1.82, 2.24) is 4.98 Å². The zero-order valence-electron chi connectivity index (χ0n) is 12.6. The SMILES string of the molecule is O=C(Cc1coc(-c2ccc(Cl)cc2)n1)Nc1cc(Cl)c(O)c(Cl)c1. The first-order valence-corrected chi connectivity index (χ1v) is 8.24. The number of nitrogens with zero attached hydrogens (tertiary/aromatic N) is 1. The maximum Gasteiger partial charge on any atom is 0.230 e. The second-order valence-corrected chi connectivity index (χ2v) is 6.42. The number of aromatic hydroxyl groups is 1. The zero-order valence-corrected chi connectivity index (χ0v) is 14.9. The molecule has 25 heavy (non-hydrogen) atoms. The predicted octanol–water partition coefficient (Wildman–Crippen LogP) is 5.19. The molecule has 1 heterocycles. The van der Waals surface area contributed by atoms with Gasteiger partial charge in [-0.1, -0.05) is 34.8 Å². The molecule has 8 heteroatoms. The zero-order chi connectivity index (χ0) is 18.0. The van der Waals surface area contributed by atoms with E-state index in [1.54, 1.807) is 24.3 Å². The molecular formula is C17H11Cl3N2O3. The molecule has 0 bridgehead atoms. The Balaban J connectivity index is 1.68. The van der Waals surface area contributed by atoms with Gasteiger partial charge >= 0.3 is 0 Å². The van der Waals surface area contributed by atoms with Crippen LogP contribution in [0.25, 0.3) is 11.5 Å². The molecule has 1 aromatic heterocycles. The monoisotopic (exact) mass is 396 g/mol. The van der Waals surface area contributed by atoms with Crippen LogP contribution in [0.2, 0.25) is 15.1 Å². The van der Waals surface area contributed by atoms with Crippen LogP contribution in [0.5, 0.6) is 5.75 Å². The minimum atomic E-state index is -0.325. The maximum atomic E-state index is 12.1. The lowest BCUT2D eigenvalue weighted by molar-refractivity contribution is -0.115. The lowest BCUT2D eigenvalue weighted by Gasteiger charge is -2.07. The van der Waals surface area contributed by atoms with E-state index in [2.05, 4.69) is 10.3 Å². The average Bonchev–Trinajstić information content (AvgIpc) is 3.01. The molecule has 3 aromatic rings. The summed E-state index contributed by atoms with van der Waals surface area (Å²) in [6.45, 7) is 0. The van der Waals surface area contributed by atoms with E-state index in [9.17, 15) is 9.90 Å². The van der Waals surface area contributed by atoms with Gasteiger partial charge < -0.3 is 14.8 Å². The van der Waals surface area contributed by atoms with Crippen molar-refractivity contribution in [3.63, 3.8) is 0 Å². The molecule has 5 nitrogen and oxygen atoms in total. The summed E-state index contributed by atoms with van der Waals surface area (Å²) in [5, 5.41) is 12.9. The van der Waals surface area contributed by atoms with Crippen LogP contribution in [0.3, 0.4) is 0 Å². The van der Waals surface area contributed by atoms with Crippen molar-refractivity contribution in [1.29, 1.82) is 0 Å². The summed E-state index contributed by atoms with van der Waals surface area (Å²) in [5.41, 5.74) is 1.60. The van der Waals surface area contributed by atoms with Crippen molar-refractivity contribution in [2.24, 2.45) is 0 Å². The summed E-state index contributed by atoms with van der Waals surface area (Å²) < 4.78 is 5.39. The smallest absolute Gasteiger partial charge is 0.230 e. The fourth-order valence-corrected chi connectivity index (χ4v) is 2.73. The summed E-state index contributed by atoms with van der Waals surface area (Å²) in [4.78, 5) is 16.4. The van der Waals surface area contributed by atoms with Gasteiger partial charge in [-0.15, -0.1) is 0 Å². The molecule has 0 spiro atoms. The number of benzene rings is 2. The van der Waals surface area contributed by atoms with Crippen molar-refractivity contribution >= 4 is 46.4 Å². The first-order chi connectivity index (χ1) is 11.9. The molecule has 0 fully saturated rings. The Bertz CT molecular complexity index is 900. The second kappa shape index (κ2) is 7.35. The molecule has 128 valence electrons. The van der Waals surface area contributed by atoms with Crippen LogP contribution in [0.15, 0.2) is 47.1 Å². The molecule has 2 N–H and O–H groups in total. The average molecular weight is 398 g/mol. The van der Waals surface area contributed by atoms with Crippen molar-refractivity contribution < 1.29 is 14.3 Å². The third-order valence-corrected chi connectivity index (χ3v) is 4.11. The highest BCUT2D eigenvalue weighted by Gasteiger charge is 2.13. The number of oxazole rings is 1. The Hall–Kier alpha value is -2.21. The van der Waals surface area contributed by atoms with Gasteiger partial charge in [-0.2, -0.15) is 0 Å². The highest BCUT2D eigenvalue weighted by Crippen LogP contribution is 2.34. The van der Waals surface area contributed by atoms with E-state index < -0.39 is 0 Å². The summed E-state index contributed by atoms with van der Waals surface area (Å²) in [6.07, 6.45) is 1.42. The summed E-state index contributed by atoms with van der Waals surface area (Å²) in [6, 6.07) is 9.82. The van der Waals surface area contributed by atoms with Gasteiger partial charge in [0.15, 0.2) is 5.75 Å². The third-order valence-electron chi connectivity index (χ3n) is 3.29. The maximum absolute atomic E-state index is 12.1. The normalized spacial score (nSPS) is 10.7. The minimum absolute atomic E-state index is 0.00715. The van der Waals surface area contributed by atoms with E-state index in [0.29, 0.717) is 22.3 Å². The number of amides is 1. The largest absolute Gasteiger partial charge is 0.505 e. The number of hydrogen-bond donors (Lipinski definition) is 2. The van der Waals surface area contributed by atoms with Gasteiger partial charge in [0, 0.05) is 16.3 Å². The quantitative estimate of drug-likeness (QED) is 0.594. The van der Waals surface area contributed by atoms with Crippen LogP contribution in [0.4, 0.5) is 5.69 Å². The first kappa shape index (κ1) is 17.6. The molecule has 0 saturated carbocycles. The highest BCUT2D eigenvalue weighted by molar-refractivity contribution is 6.37. The van der Waals surface area contributed by atoms with Gasteiger partial charge in [0.2, 0.25) is 11.8 Å². The fraction of sp³-hybridized carbons (Fsp3) is 0.0588. The van der Waals surface area contributed by atoms with Gasteiger partial charge in [0.05, 0.1) is 22.2 Å². The molecule has 0 aliphatic carbocycles. The number of nitrogens with one attached hydrogen (secondary N) is 1. The summed E-state index contributed by atoms with van der Waals surface area (Å²) in [7, 11) is 0. The Kier molecular flexibility index (Phi) is 5.18. The molecular weight excluding hydrogens is 387 g/mol.